The first-order valence-corrected chi connectivity index (χ1v) is 7.13. The Kier molecular flexibility index (Phi) is 6.86. The molecule has 0 radical (unpaired) electrons. The summed E-state index contributed by atoms with van der Waals surface area (Å²) >= 11 is 5.57. The summed E-state index contributed by atoms with van der Waals surface area (Å²) in [6, 6.07) is 0.334. The van der Waals surface area contributed by atoms with E-state index >= 15 is 0 Å². The van der Waals surface area contributed by atoms with Gasteiger partial charge in [0.2, 0.25) is 5.91 Å². The van der Waals surface area contributed by atoms with E-state index in [0.717, 1.165) is 6.42 Å². The molecule has 94 valence electrons. The molecule has 0 unspecified atom stereocenters. The van der Waals surface area contributed by atoms with Crippen LogP contribution in [0, 0.1) is 5.92 Å². The van der Waals surface area contributed by atoms with Gasteiger partial charge in [-0.3, -0.25) is 4.79 Å². The Morgan fingerprint density at radius 1 is 1.31 bits per heavy atom. The Labute approximate surface area is 104 Å². The van der Waals surface area contributed by atoms with E-state index < -0.39 is 0 Å². The smallest absolute Gasteiger partial charge is 0.220 e. The van der Waals surface area contributed by atoms with E-state index in [9.17, 15) is 4.79 Å². The lowest BCUT2D eigenvalue weighted by Gasteiger charge is -2.23. The van der Waals surface area contributed by atoms with E-state index in [-0.39, 0.29) is 5.91 Å². The summed E-state index contributed by atoms with van der Waals surface area (Å²) in [6.45, 7) is 2.15. The predicted octanol–water partition coefficient (Wildman–Crippen LogP) is 3.48. The van der Waals surface area contributed by atoms with Gasteiger partial charge in [0, 0.05) is 18.3 Å². The third kappa shape index (κ3) is 5.20. The number of hydrogen-bond acceptors (Lipinski definition) is 1. The van der Waals surface area contributed by atoms with Crippen molar-refractivity contribution in [3.63, 3.8) is 0 Å². The molecule has 0 aliphatic heterocycles. The Balaban J connectivity index is 2.26. The summed E-state index contributed by atoms with van der Waals surface area (Å²) in [4.78, 5) is 11.6. The van der Waals surface area contributed by atoms with Gasteiger partial charge in [-0.15, -0.1) is 11.6 Å². The molecule has 0 bridgehead atoms. The normalized spacial score (nSPS) is 20.1. The van der Waals surface area contributed by atoms with Crippen molar-refractivity contribution in [2.45, 2.75) is 64.3 Å². The van der Waals surface area contributed by atoms with Gasteiger partial charge in [-0.25, -0.2) is 0 Å². The minimum atomic E-state index is 0.164. The number of hydrogen-bond donors (Lipinski definition) is 1. The molecule has 1 amide bonds. The van der Waals surface area contributed by atoms with Crippen molar-refractivity contribution in [1.29, 1.82) is 0 Å². The van der Waals surface area contributed by atoms with Gasteiger partial charge >= 0.3 is 0 Å². The van der Waals surface area contributed by atoms with Crippen LogP contribution in [0.25, 0.3) is 0 Å². The average molecular weight is 246 g/mol. The molecular weight excluding hydrogens is 222 g/mol. The monoisotopic (exact) mass is 245 g/mol. The lowest BCUT2D eigenvalue weighted by atomic mass is 9.93. The fourth-order valence-corrected chi connectivity index (χ4v) is 2.62. The van der Waals surface area contributed by atoms with Gasteiger partial charge in [-0.2, -0.15) is 0 Å². The van der Waals surface area contributed by atoms with Gasteiger partial charge in [-0.1, -0.05) is 25.7 Å². The van der Waals surface area contributed by atoms with E-state index in [1.165, 1.54) is 38.5 Å². The van der Waals surface area contributed by atoms with Crippen molar-refractivity contribution in [3.05, 3.63) is 0 Å². The molecule has 1 fully saturated rings. The molecule has 0 aromatic carbocycles. The number of nitrogens with one attached hydrogen (secondary N) is 1. The van der Waals surface area contributed by atoms with E-state index in [1.807, 2.05) is 0 Å². The number of carbonyl (C=O) groups excluding carboxylic acids is 1. The average Bonchev–Trinajstić information content (AvgIpc) is 2.54. The zero-order valence-corrected chi connectivity index (χ0v) is 11.1. The standard InChI is InChI=1S/C13H24ClNO/c1-11(15-13(16)9-6-10-14)12-7-4-2-3-5-8-12/h11-12H,2-10H2,1H3,(H,15,16)/t11-/m1/s1. The minimum absolute atomic E-state index is 0.164. The van der Waals surface area contributed by atoms with Crippen LogP contribution in [0.2, 0.25) is 0 Å². The summed E-state index contributed by atoms with van der Waals surface area (Å²) < 4.78 is 0. The van der Waals surface area contributed by atoms with Crippen molar-refractivity contribution in [2.75, 3.05) is 5.88 Å². The van der Waals surface area contributed by atoms with Gasteiger partial charge in [0.1, 0.15) is 0 Å². The van der Waals surface area contributed by atoms with Gasteiger partial charge in [-0.05, 0) is 32.1 Å². The molecule has 16 heavy (non-hydrogen) atoms. The highest BCUT2D eigenvalue weighted by Gasteiger charge is 2.20. The highest BCUT2D eigenvalue weighted by atomic mass is 35.5. The predicted molar refractivity (Wildman–Crippen MR) is 68.8 cm³/mol. The van der Waals surface area contributed by atoms with Crippen LogP contribution in [0.4, 0.5) is 0 Å². The van der Waals surface area contributed by atoms with Crippen LogP contribution >= 0.6 is 11.6 Å². The second-order valence-electron chi connectivity index (χ2n) is 4.90. The SMILES string of the molecule is C[C@@H](NC(=O)CCCCl)C1CCCCCC1. The van der Waals surface area contributed by atoms with Crippen LogP contribution < -0.4 is 5.32 Å². The quantitative estimate of drug-likeness (QED) is 0.583. The molecule has 1 rings (SSSR count). The van der Waals surface area contributed by atoms with Gasteiger partial charge in [0.05, 0.1) is 0 Å². The second-order valence-corrected chi connectivity index (χ2v) is 5.28. The van der Waals surface area contributed by atoms with E-state index in [0.29, 0.717) is 24.3 Å². The van der Waals surface area contributed by atoms with E-state index in [2.05, 4.69) is 12.2 Å². The molecule has 0 heterocycles. The summed E-state index contributed by atoms with van der Waals surface area (Å²) in [7, 11) is 0. The molecule has 3 heteroatoms. The van der Waals surface area contributed by atoms with E-state index in [4.69, 9.17) is 11.6 Å². The highest BCUT2D eigenvalue weighted by molar-refractivity contribution is 6.17. The lowest BCUT2D eigenvalue weighted by Crippen LogP contribution is -2.37. The topological polar surface area (TPSA) is 29.1 Å². The third-order valence-electron chi connectivity index (χ3n) is 3.53. The number of rotatable bonds is 5. The molecule has 0 aromatic rings. The van der Waals surface area contributed by atoms with Crippen molar-refractivity contribution in [1.82, 2.24) is 5.32 Å². The fourth-order valence-electron chi connectivity index (χ4n) is 2.48. The third-order valence-corrected chi connectivity index (χ3v) is 3.80. The maximum absolute atomic E-state index is 11.6. The first kappa shape index (κ1) is 13.8. The van der Waals surface area contributed by atoms with Crippen LogP contribution in [-0.2, 0) is 4.79 Å². The molecule has 1 saturated carbocycles. The fraction of sp³-hybridized carbons (Fsp3) is 0.923. The molecule has 0 saturated heterocycles. The number of amides is 1. The highest BCUT2D eigenvalue weighted by Crippen LogP contribution is 2.25. The maximum atomic E-state index is 11.6. The Bertz CT molecular complexity index is 200. The van der Waals surface area contributed by atoms with Gasteiger partial charge in [0.15, 0.2) is 0 Å². The summed E-state index contributed by atoms with van der Waals surface area (Å²) in [5.41, 5.74) is 0. The van der Waals surface area contributed by atoms with Crippen molar-refractivity contribution < 1.29 is 4.79 Å². The molecule has 0 aromatic heterocycles. The zero-order valence-electron chi connectivity index (χ0n) is 10.3. The van der Waals surface area contributed by atoms with Crippen LogP contribution in [0.5, 0.6) is 0 Å². The Morgan fingerprint density at radius 3 is 2.50 bits per heavy atom. The largest absolute Gasteiger partial charge is 0.353 e. The summed E-state index contributed by atoms with van der Waals surface area (Å²) in [6.07, 6.45) is 9.28. The van der Waals surface area contributed by atoms with E-state index in [1.54, 1.807) is 0 Å². The Hall–Kier alpha value is -0.240. The Morgan fingerprint density at radius 2 is 1.94 bits per heavy atom. The van der Waals surface area contributed by atoms with Crippen LogP contribution in [0.3, 0.4) is 0 Å². The minimum Gasteiger partial charge on any atom is -0.353 e. The van der Waals surface area contributed by atoms with Crippen molar-refractivity contribution in [3.8, 4) is 0 Å². The first-order valence-electron chi connectivity index (χ1n) is 6.59. The second kappa shape index (κ2) is 7.94. The summed E-state index contributed by atoms with van der Waals surface area (Å²) in [5.74, 6) is 1.42. The molecular formula is C13H24ClNO. The van der Waals surface area contributed by atoms with Gasteiger partial charge < -0.3 is 5.32 Å². The molecule has 0 spiro atoms. The lowest BCUT2D eigenvalue weighted by molar-refractivity contribution is -0.122. The first-order chi connectivity index (χ1) is 7.74. The molecule has 1 aliphatic rings. The maximum Gasteiger partial charge on any atom is 0.220 e. The van der Waals surface area contributed by atoms with Crippen molar-refractivity contribution >= 4 is 17.5 Å². The number of alkyl halides is 1. The molecule has 1 N–H and O–H groups in total. The molecule has 2 nitrogen and oxygen atoms in total. The molecule has 1 aliphatic carbocycles. The van der Waals surface area contributed by atoms with Crippen LogP contribution in [0.1, 0.15) is 58.3 Å². The van der Waals surface area contributed by atoms with Crippen molar-refractivity contribution in [2.24, 2.45) is 5.92 Å². The number of carbonyl (C=O) groups is 1. The number of halogens is 1. The zero-order chi connectivity index (χ0) is 11.8. The summed E-state index contributed by atoms with van der Waals surface area (Å²) in [5, 5.41) is 3.11. The molecule has 1 atom stereocenters. The van der Waals surface area contributed by atoms with Crippen LogP contribution in [-0.4, -0.2) is 17.8 Å². The van der Waals surface area contributed by atoms with Gasteiger partial charge in [0.25, 0.3) is 0 Å². The van der Waals surface area contributed by atoms with Crippen LogP contribution in [0.15, 0.2) is 0 Å².